The molecule has 7 nitrogen and oxygen atoms in total. The van der Waals surface area contributed by atoms with Crippen LogP contribution in [0.2, 0.25) is 0 Å². The summed E-state index contributed by atoms with van der Waals surface area (Å²) in [4.78, 5) is 24.3. The van der Waals surface area contributed by atoms with E-state index in [1.807, 2.05) is 10.8 Å². The Bertz CT molecular complexity index is 898. The number of hydrogen-bond acceptors (Lipinski definition) is 6. The van der Waals surface area contributed by atoms with Crippen molar-refractivity contribution in [3.63, 3.8) is 0 Å². The number of carbonyl (C=O) groups excluding carboxylic acids is 2. The number of amides is 2. The highest BCUT2D eigenvalue weighted by atomic mass is 32.2. The van der Waals surface area contributed by atoms with Gasteiger partial charge in [-0.3, -0.25) is 14.3 Å². The number of nitrogens with one attached hydrogen (secondary N) is 2. The van der Waals surface area contributed by atoms with Gasteiger partial charge in [-0.05, 0) is 36.1 Å². The van der Waals surface area contributed by atoms with Gasteiger partial charge in [-0.15, -0.1) is 11.3 Å². The second kappa shape index (κ2) is 7.92. The van der Waals surface area contributed by atoms with Gasteiger partial charge in [-0.25, -0.2) is 8.42 Å². The molecule has 2 aromatic rings. The van der Waals surface area contributed by atoms with E-state index in [1.165, 1.54) is 42.5 Å². The Morgan fingerprint density at radius 1 is 1.24 bits per heavy atom. The summed E-state index contributed by atoms with van der Waals surface area (Å²) in [5.41, 5.74) is 0.852. The van der Waals surface area contributed by atoms with Gasteiger partial charge >= 0.3 is 0 Å². The molecule has 0 bridgehead atoms. The van der Waals surface area contributed by atoms with Gasteiger partial charge in [0.15, 0.2) is 0 Å². The predicted molar refractivity (Wildman–Crippen MR) is 93.2 cm³/mol. The molecule has 9 heteroatoms. The van der Waals surface area contributed by atoms with Gasteiger partial charge < -0.3 is 5.32 Å². The van der Waals surface area contributed by atoms with Crippen LogP contribution in [0.3, 0.4) is 0 Å². The van der Waals surface area contributed by atoms with Crippen LogP contribution in [0.4, 0.5) is 0 Å². The zero-order valence-corrected chi connectivity index (χ0v) is 14.9. The molecular weight excluding hydrogens is 362 g/mol. The van der Waals surface area contributed by atoms with E-state index < -0.39 is 33.6 Å². The minimum absolute atomic E-state index is 0.407. The van der Waals surface area contributed by atoms with Crippen LogP contribution in [-0.2, 0) is 20.6 Å². The molecule has 0 aliphatic carbocycles. The van der Waals surface area contributed by atoms with Crippen LogP contribution in [0.5, 0.6) is 0 Å². The van der Waals surface area contributed by atoms with Gasteiger partial charge in [-0.1, -0.05) is 18.2 Å². The number of sulfonamides is 1. The second-order valence-corrected chi connectivity index (χ2v) is 7.88. The zero-order valence-electron chi connectivity index (χ0n) is 13.2. The normalized spacial score (nSPS) is 12.0. The summed E-state index contributed by atoms with van der Waals surface area (Å²) >= 11 is 1.22. The van der Waals surface area contributed by atoms with Crippen LogP contribution in [0.25, 0.3) is 0 Å². The van der Waals surface area contributed by atoms with Crippen molar-refractivity contribution in [3.8, 4) is 6.07 Å². The van der Waals surface area contributed by atoms with Gasteiger partial charge in [0.1, 0.15) is 6.04 Å². The number of hydrogen-bond donors (Lipinski definition) is 2. The first kappa shape index (κ1) is 18.6. The third-order valence-electron chi connectivity index (χ3n) is 3.18. The van der Waals surface area contributed by atoms with Gasteiger partial charge in [0.05, 0.1) is 22.3 Å². The molecule has 0 aliphatic rings. The number of nitriles is 1. The molecule has 0 aliphatic heterocycles. The summed E-state index contributed by atoms with van der Waals surface area (Å²) in [5, 5.41) is 12.9. The molecule has 0 radical (unpaired) electrons. The Morgan fingerprint density at radius 2 is 1.92 bits per heavy atom. The molecule has 1 aromatic heterocycles. The first-order chi connectivity index (χ1) is 11.8. The molecule has 0 fully saturated rings. The zero-order chi connectivity index (χ0) is 18.4. The fraction of sp³-hybridized carbons (Fsp3) is 0.188. The lowest BCUT2D eigenvalue weighted by atomic mass is 10.2. The maximum Gasteiger partial charge on any atom is 0.261 e. The molecule has 1 heterocycles. The highest BCUT2D eigenvalue weighted by Crippen LogP contribution is 2.09. The smallest absolute Gasteiger partial charge is 0.261 e. The molecule has 130 valence electrons. The van der Waals surface area contributed by atoms with Gasteiger partial charge in [0.25, 0.3) is 11.8 Å². The second-order valence-electron chi connectivity index (χ2n) is 5.21. The summed E-state index contributed by atoms with van der Waals surface area (Å²) in [6.07, 6.45) is 0. The summed E-state index contributed by atoms with van der Waals surface area (Å²) < 4.78 is 26.1. The van der Waals surface area contributed by atoms with Crippen LogP contribution in [0, 0.1) is 11.3 Å². The van der Waals surface area contributed by atoms with Gasteiger partial charge in [0, 0.05) is 0 Å². The van der Waals surface area contributed by atoms with Crippen molar-refractivity contribution < 1.29 is 18.0 Å². The first-order valence-corrected chi connectivity index (χ1v) is 9.71. The maximum absolute atomic E-state index is 12.1. The van der Waals surface area contributed by atoms with Crippen molar-refractivity contribution in [2.24, 2.45) is 0 Å². The lowest BCUT2D eigenvalue weighted by Gasteiger charge is -2.14. The molecule has 1 atom stereocenters. The van der Waals surface area contributed by atoms with Crippen molar-refractivity contribution in [2.45, 2.75) is 18.7 Å². The Labute approximate surface area is 149 Å². The SMILES string of the molecule is C[C@@H](NC(=O)c1cccs1)C(=O)NS(=O)(=O)Cc1ccc(C#N)cc1. The van der Waals surface area contributed by atoms with E-state index in [-0.39, 0.29) is 0 Å². The number of nitrogens with zero attached hydrogens (tertiary/aromatic N) is 1. The fourth-order valence-electron chi connectivity index (χ4n) is 1.91. The third-order valence-corrected chi connectivity index (χ3v) is 5.28. The molecule has 2 N–H and O–H groups in total. The molecule has 0 saturated heterocycles. The lowest BCUT2D eigenvalue weighted by Crippen LogP contribution is -2.46. The monoisotopic (exact) mass is 377 g/mol. The van der Waals surface area contributed by atoms with Crippen molar-refractivity contribution in [1.82, 2.24) is 10.0 Å². The van der Waals surface area contributed by atoms with Crippen molar-refractivity contribution in [3.05, 3.63) is 57.8 Å². The van der Waals surface area contributed by atoms with Crippen LogP contribution in [0.15, 0.2) is 41.8 Å². The van der Waals surface area contributed by atoms with Gasteiger partial charge in [0.2, 0.25) is 10.0 Å². The van der Waals surface area contributed by atoms with E-state index >= 15 is 0 Å². The highest BCUT2D eigenvalue weighted by Gasteiger charge is 2.22. The topological polar surface area (TPSA) is 116 Å². The van der Waals surface area contributed by atoms with E-state index in [2.05, 4.69) is 5.32 Å². The molecule has 1 aromatic carbocycles. The number of rotatable bonds is 6. The van der Waals surface area contributed by atoms with E-state index in [0.29, 0.717) is 16.0 Å². The minimum atomic E-state index is -3.92. The van der Waals surface area contributed by atoms with Crippen LogP contribution in [0.1, 0.15) is 27.7 Å². The van der Waals surface area contributed by atoms with E-state index in [0.717, 1.165) is 0 Å². The largest absolute Gasteiger partial charge is 0.340 e. The molecule has 2 amide bonds. The molecular formula is C16H15N3O4S2. The number of carbonyl (C=O) groups is 2. The highest BCUT2D eigenvalue weighted by molar-refractivity contribution is 7.89. The Morgan fingerprint density at radius 3 is 2.48 bits per heavy atom. The standard InChI is InChI=1S/C16H15N3O4S2/c1-11(18-16(21)14-3-2-8-24-14)15(20)19-25(22,23)10-13-6-4-12(9-17)5-7-13/h2-8,11H,10H2,1H3,(H,18,21)(H,19,20)/t11-/m1/s1. The number of thiophene rings is 1. The number of benzene rings is 1. The van der Waals surface area contributed by atoms with Crippen molar-refractivity contribution in [1.29, 1.82) is 5.26 Å². The summed E-state index contributed by atoms with van der Waals surface area (Å²) in [5.74, 6) is -1.67. The molecule has 25 heavy (non-hydrogen) atoms. The molecule has 0 unspecified atom stereocenters. The van der Waals surface area contributed by atoms with E-state index in [9.17, 15) is 18.0 Å². The van der Waals surface area contributed by atoms with Crippen LogP contribution < -0.4 is 10.0 Å². The Balaban J connectivity index is 1.95. The Hall–Kier alpha value is -2.70. The fourth-order valence-corrected chi connectivity index (χ4v) is 3.73. The summed E-state index contributed by atoms with van der Waals surface area (Å²) in [6.45, 7) is 1.40. The van der Waals surface area contributed by atoms with Crippen LogP contribution >= 0.6 is 11.3 Å². The maximum atomic E-state index is 12.1. The first-order valence-electron chi connectivity index (χ1n) is 7.18. The molecule has 0 spiro atoms. The van der Waals surface area contributed by atoms with E-state index in [4.69, 9.17) is 5.26 Å². The summed E-state index contributed by atoms with van der Waals surface area (Å²) in [7, 11) is -3.92. The average Bonchev–Trinajstić information content (AvgIpc) is 3.09. The minimum Gasteiger partial charge on any atom is -0.340 e. The predicted octanol–water partition coefficient (Wildman–Crippen LogP) is 1.38. The lowest BCUT2D eigenvalue weighted by molar-refractivity contribution is -0.120. The van der Waals surface area contributed by atoms with Crippen molar-refractivity contribution in [2.75, 3.05) is 0 Å². The summed E-state index contributed by atoms with van der Waals surface area (Å²) in [6, 6.07) is 10.2. The molecule has 2 rings (SSSR count). The van der Waals surface area contributed by atoms with Gasteiger partial charge in [-0.2, -0.15) is 5.26 Å². The Kier molecular flexibility index (Phi) is 5.90. The van der Waals surface area contributed by atoms with Crippen molar-refractivity contribution >= 4 is 33.2 Å². The molecule has 0 saturated carbocycles. The quantitative estimate of drug-likeness (QED) is 0.789. The van der Waals surface area contributed by atoms with E-state index in [1.54, 1.807) is 17.5 Å². The average molecular weight is 377 g/mol. The third kappa shape index (κ3) is 5.41. The van der Waals surface area contributed by atoms with Crippen LogP contribution in [-0.4, -0.2) is 26.3 Å².